The fraction of sp³-hybridized carbons (Fsp3) is 0.235. The minimum Gasteiger partial charge on any atom is -0.326 e. The molecule has 0 fully saturated rings. The zero-order valence-corrected chi connectivity index (χ0v) is 14.5. The van der Waals surface area contributed by atoms with E-state index >= 15 is 0 Å². The SMILES string of the molecule is Cc1cc(C)c(C#N)c(SCCC(=O)Nc2ccc(Cl)cc2)n1. The van der Waals surface area contributed by atoms with Crippen molar-refractivity contribution in [2.45, 2.75) is 25.3 Å². The molecule has 0 radical (unpaired) electrons. The molecule has 1 amide bonds. The third-order valence-corrected chi connectivity index (χ3v) is 4.35. The van der Waals surface area contributed by atoms with Crippen LogP contribution in [0.25, 0.3) is 0 Å². The molecule has 1 aromatic heterocycles. The van der Waals surface area contributed by atoms with Crippen LogP contribution < -0.4 is 5.32 Å². The van der Waals surface area contributed by atoms with Gasteiger partial charge in [0.2, 0.25) is 5.91 Å². The number of hydrogen-bond donors (Lipinski definition) is 1. The number of halogens is 1. The smallest absolute Gasteiger partial charge is 0.225 e. The van der Waals surface area contributed by atoms with Gasteiger partial charge in [-0.1, -0.05) is 11.6 Å². The van der Waals surface area contributed by atoms with Gasteiger partial charge in [0.1, 0.15) is 11.1 Å². The fourth-order valence-electron chi connectivity index (χ4n) is 2.04. The standard InChI is InChI=1S/C17H16ClN3OS/c1-11-9-12(2)20-17(15(11)10-19)23-8-7-16(22)21-14-5-3-13(18)4-6-14/h3-6,9H,7-8H2,1-2H3,(H,21,22). The van der Waals surface area contributed by atoms with Gasteiger partial charge in [-0.05, 0) is 49.7 Å². The Morgan fingerprint density at radius 1 is 1.35 bits per heavy atom. The molecule has 2 aromatic rings. The van der Waals surface area contributed by atoms with Crippen molar-refractivity contribution in [3.63, 3.8) is 0 Å². The van der Waals surface area contributed by atoms with Gasteiger partial charge in [0.05, 0.1) is 5.56 Å². The molecule has 0 aliphatic rings. The normalized spacial score (nSPS) is 10.2. The van der Waals surface area contributed by atoms with E-state index < -0.39 is 0 Å². The summed E-state index contributed by atoms with van der Waals surface area (Å²) >= 11 is 7.23. The third-order valence-electron chi connectivity index (χ3n) is 3.12. The second-order valence-electron chi connectivity index (χ2n) is 5.03. The number of aromatic nitrogens is 1. The van der Waals surface area contributed by atoms with Crippen LogP contribution in [0.15, 0.2) is 35.4 Å². The number of pyridine rings is 1. The van der Waals surface area contributed by atoms with Crippen molar-refractivity contribution in [3.05, 3.63) is 52.2 Å². The van der Waals surface area contributed by atoms with Crippen LogP contribution in [0.3, 0.4) is 0 Å². The Morgan fingerprint density at radius 2 is 2.04 bits per heavy atom. The van der Waals surface area contributed by atoms with E-state index in [-0.39, 0.29) is 5.91 Å². The highest BCUT2D eigenvalue weighted by Crippen LogP contribution is 2.24. The topological polar surface area (TPSA) is 65.8 Å². The van der Waals surface area contributed by atoms with E-state index in [1.807, 2.05) is 19.9 Å². The number of aryl methyl sites for hydroxylation is 2. The second kappa shape index (κ2) is 8.00. The van der Waals surface area contributed by atoms with Crippen LogP contribution in [0.2, 0.25) is 5.02 Å². The van der Waals surface area contributed by atoms with E-state index in [0.29, 0.717) is 33.5 Å². The summed E-state index contributed by atoms with van der Waals surface area (Å²) in [6.45, 7) is 3.79. The minimum absolute atomic E-state index is 0.0808. The van der Waals surface area contributed by atoms with Crippen LogP contribution in [0.4, 0.5) is 5.69 Å². The van der Waals surface area contributed by atoms with Gasteiger partial charge in [0, 0.05) is 28.6 Å². The van der Waals surface area contributed by atoms with E-state index in [4.69, 9.17) is 11.6 Å². The van der Waals surface area contributed by atoms with Gasteiger partial charge in [-0.3, -0.25) is 4.79 Å². The molecule has 0 atom stereocenters. The number of hydrogen-bond acceptors (Lipinski definition) is 4. The van der Waals surface area contributed by atoms with E-state index in [9.17, 15) is 10.1 Å². The van der Waals surface area contributed by atoms with Crippen molar-refractivity contribution in [3.8, 4) is 6.07 Å². The number of amides is 1. The van der Waals surface area contributed by atoms with Gasteiger partial charge in [0.15, 0.2) is 0 Å². The summed E-state index contributed by atoms with van der Waals surface area (Å²) in [5, 5.41) is 13.3. The zero-order valence-electron chi connectivity index (χ0n) is 12.9. The van der Waals surface area contributed by atoms with Crippen LogP contribution in [-0.2, 0) is 4.79 Å². The number of carbonyl (C=O) groups is 1. The molecule has 6 heteroatoms. The first-order valence-corrected chi connectivity index (χ1v) is 8.42. The lowest BCUT2D eigenvalue weighted by Gasteiger charge is -2.08. The summed E-state index contributed by atoms with van der Waals surface area (Å²) in [7, 11) is 0. The van der Waals surface area contributed by atoms with Gasteiger partial charge in [-0.15, -0.1) is 11.8 Å². The van der Waals surface area contributed by atoms with Gasteiger partial charge in [-0.2, -0.15) is 5.26 Å². The molecule has 2 rings (SSSR count). The van der Waals surface area contributed by atoms with E-state index in [2.05, 4.69) is 16.4 Å². The molecule has 1 aromatic carbocycles. The average molecular weight is 346 g/mol. The molecule has 0 aliphatic carbocycles. The third kappa shape index (κ3) is 4.98. The van der Waals surface area contributed by atoms with Crippen molar-refractivity contribution in [1.29, 1.82) is 5.26 Å². The molecule has 23 heavy (non-hydrogen) atoms. The predicted octanol–water partition coefficient (Wildman–Crippen LogP) is 4.34. The largest absolute Gasteiger partial charge is 0.326 e. The summed E-state index contributed by atoms with van der Waals surface area (Å²) in [5.74, 6) is 0.479. The predicted molar refractivity (Wildman–Crippen MR) is 93.8 cm³/mol. The number of benzene rings is 1. The van der Waals surface area contributed by atoms with Crippen LogP contribution >= 0.6 is 23.4 Å². The Kier molecular flexibility index (Phi) is 6.03. The molecular formula is C17H16ClN3OS. The molecular weight excluding hydrogens is 330 g/mol. The molecule has 0 aliphatic heterocycles. The Hall–Kier alpha value is -2.03. The van der Waals surface area contributed by atoms with Gasteiger partial charge in [0.25, 0.3) is 0 Å². The number of nitriles is 1. The number of nitrogens with one attached hydrogen (secondary N) is 1. The van der Waals surface area contributed by atoms with Crippen molar-refractivity contribution in [2.75, 3.05) is 11.1 Å². The Labute approximate surface area is 144 Å². The maximum atomic E-state index is 11.9. The summed E-state index contributed by atoms with van der Waals surface area (Å²) in [6, 6.07) is 11.0. The molecule has 4 nitrogen and oxygen atoms in total. The van der Waals surface area contributed by atoms with E-state index in [1.165, 1.54) is 11.8 Å². The number of rotatable bonds is 5. The summed E-state index contributed by atoms with van der Waals surface area (Å²) in [6.07, 6.45) is 0.340. The number of anilines is 1. The highest BCUT2D eigenvalue weighted by Gasteiger charge is 2.10. The molecule has 0 saturated heterocycles. The summed E-state index contributed by atoms with van der Waals surface area (Å²) in [4.78, 5) is 16.3. The molecule has 0 bridgehead atoms. The maximum absolute atomic E-state index is 11.9. The molecule has 118 valence electrons. The molecule has 0 unspecified atom stereocenters. The van der Waals surface area contributed by atoms with Crippen molar-refractivity contribution in [2.24, 2.45) is 0 Å². The lowest BCUT2D eigenvalue weighted by atomic mass is 10.1. The van der Waals surface area contributed by atoms with E-state index in [0.717, 1.165) is 11.3 Å². The monoisotopic (exact) mass is 345 g/mol. The summed E-state index contributed by atoms with van der Waals surface area (Å²) < 4.78 is 0. The fourth-order valence-corrected chi connectivity index (χ4v) is 3.21. The first-order chi connectivity index (χ1) is 11.0. The van der Waals surface area contributed by atoms with Crippen molar-refractivity contribution >= 4 is 35.0 Å². The van der Waals surface area contributed by atoms with Crippen LogP contribution in [0.5, 0.6) is 0 Å². The molecule has 1 heterocycles. The van der Waals surface area contributed by atoms with E-state index in [1.54, 1.807) is 24.3 Å². The Morgan fingerprint density at radius 3 is 2.70 bits per heavy atom. The second-order valence-corrected chi connectivity index (χ2v) is 6.55. The van der Waals surface area contributed by atoms with Crippen molar-refractivity contribution in [1.82, 2.24) is 4.98 Å². The lowest BCUT2D eigenvalue weighted by molar-refractivity contribution is -0.115. The first kappa shape index (κ1) is 17.3. The quantitative estimate of drug-likeness (QED) is 0.818. The van der Waals surface area contributed by atoms with Gasteiger partial charge < -0.3 is 5.32 Å². The number of thioether (sulfide) groups is 1. The van der Waals surface area contributed by atoms with Crippen LogP contribution in [0.1, 0.15) is 23.2 Å². The maximum Gasteiger partial charge on any atom is 0.225 e. The molecule has 1 N–H and O–H groups in total. The first-order valence-electron chi connectivity index (χ1n) is 7.06. The molecule has 0 spiro atoms. The van der Waals surface area contributed by atoms with Crippen LogP contribution in [-0.4, -0.2) is 16.6 Å². The molecule has 0 saturated carbocycles. The van der Waals surface area contributed by atoms with Crippen LogP contribution in [0, 0.1) is 25.2 Å². The highest BCUT2D eigenvalue weighted by molar-refractivity contribution is 7.99. The van der Waals surface area contributed by atoms with Crippen molar-refractivity contribution < 1.29 is 4.79 Å². The van der Waals surface area contributed by atoms with Gasteiger partial charge >= 0.3 is 0 Å². The Bertz CT molecular complexity index is 754. The minimum atomic E-state index is -0.0808. The Balaban J connectivity index is 1.91. The number of carbonyl (C=O) groups excluding carboxylic acids is 1. The lowest BCUT2D eigenvalue weighted by Crippen LogP contribution is -2.12. The number of nitrogens with zero attached hydrogens (tertiary/aromatic N) is 2. The summed E-state index contributed by atoms with van der Waals surface area (Å²) in [5.41, 5.74) is 3.08. The zero-order chi connectivity index (χ0) is 16.8. The average Bonchev–Trinajstić information content (AvgIpc) is 2.49. The van der Waals surface area contributed by atoms with Gasteiger partial charge in [-0.25, -0.2) is 4.98 Å². The highest BCUT2D eigenvalue weighted by atomic mass is 35.5.